The van der Waals surface area contributed by atoms with E-state index in [-0.39, 0.29) is 0 Å². The summed E-state index contributed by atoms with van der Waals surface area (Å²) in [4.78, 5) is 14.3. The van der Waals surface area contributed by atoms with Crippen molar-refractivity contribution in [2.75, 3.05) is 0 Å². The quantitative estimate of drug-likeness (QED) is 0.641. The van der Waals surface area contributed by atoms with Gasteiger partial charge in [0.15, 0.2) is 0 Å². The third kappa shape index (κ3) is 3.43. The Hall–Kier alpha value is -0.950. The second-order valence-electron chi connectivity index (χ2n) is 2.25. The number of hydrazone groups is 1. The lowest BCUT2D eigenvalue weighted by atomic mass is 10.4. The molecule has 0 atom stereocenters. The minimum absolute atomic E-state index is 0.599. The summed E-state index contributed by atoms with van der Waals surface area (Å²) in [6, 6.07) is 1.10. The molecule has 7 heteroatoms. The molecule has 0 fully saturated rings. The number of nitrogens with two attached hydrogens (primary N) is 1. The SMILES string of the molecule is NC(=O)NN=Cc1ncc(Br)cc1Br. The molecule has 0 aliphatic rings. The Morgan fingerprint density at radius 2 is 2.36 bits per heavy atom. The van der Waals surface area contributed by atoms with E-state index in [0.29, 0.717) is 5.69 Å². The Kier molecular flexibility index (Phi) is 4.02. The lowest BCUT2D eigenvalue weighted by Crippen LogP contribution is -2.24. The molecule has 0 saturated carbocycles. The van der Waals surface area contributed by atoms with Crippen LogP contribution in [0.5, 0.6) is 0 Å². The zero-order chi connectivity index (χ0) is 10.6. The molecule has 0 aliphatic heterocycles. The van der Waals surface area contributed by atoms with Gasteiger partial charge in [0.25, 0.3) is 0 Å². The van der Waals surface area contributed by atoms with Crippen molar-refractivity contribution in [3.05, 3.63) is 26.9 Å². The van der Waals surface area contributed by atoms with Crippen LogP contribution in [0, 0.1) is 0 Å². The maximum absolute atomic E-state index is 10.3. The number of carbonyl (C=O) groups is 1. The van der Waals surface area contributed by atoms with Gasteiger partial charge in [0, 0.05) is 15.1 Å². The minimum Gasteiger partial charge on any atom is -0.350 e. The fourth-order valence-electron chi connectivity index (χ4n) is 0.677. The molecule has 74 valence electrons. The van der Waals surface area contributed by atoms with Gasteiger partial charge in [-0.05, 0) is 37.9 Å². The number of amides is 2. The summed E-state index contributed by atoms with van der Waals surface area (Å²) in [5.41, 5.74) is 7.49. The molecule has 0 radical (unpaired) electrons. The Balaban J connectivity index is 2.76. The number of hydrogen-bond acceptors (Lipinski definition) is 3. The number of primary amides is 1. The summed E-state index contributed by atoms with van der Waals surface area (Å²) >= 11 is 6.55. The van der Waals surface area contributed by atoms with E-state index in [9.17, 15) is 4.79 Å². The van der Waals surface area contributed by atoms with E-state index >= 15 is 0 Å². The molecule has 0 unspecified atom stereocenters. The molecule has 0 saturated heterocycles. The molecule has 1 aromatic heterocycles. The van der Waals surface area contributed by atoms with Crippen molar-refractivity contribution in [1.29, 1.82) is 0 Å². The largest absolute Gasteiger partial charge is 0.350 e. The van der Waals surface area contributed by atoms with E-state index in [1.54, 1.807) is 6.20 Å². The number of nitrogens with zero attached hydrogens (tertiary/aromatic N) is 2. The van der Waals surface area contributed by atoms with Crippen LogP contribution in [0.1, 0.15) is 5.69 Å². The van der Waals surface area contributed by atoms with Crippen molar-refractivity contribution in [3.8, 4) is 0 Å². The molecule has 1 aromatic rings. The fourth-order valence-corrected chi connectivity index (χ4v) is 1.77. The number of hydrogen-bond donors (Lipinski definition) is 2. The monoisotopic (exact) mass is 320 g/mol. The topological polar surface area (TPSA) is 80.4 Å². The Bertz CT molecular complexity index is 380. The summed E-state index contributed by atoms with van der Waals surface area (Å²) in [7, 11) is 0. The van der Waals surface area contributed by atoms with Gasteiger partial charge >= 0.3 is 6.03 Å². The van der Waals surface area contributed by atoms with E-state index < -0.39 is 6.03 Å². The zero-order valence-electron chi connectivity index (χ0n) is 6.87. The van der Waals surface area contributed by atoms with Crippen LogP contribution >= 0.6 is 31.9 Å². The number of aromatic nitrogens is 1. The fraction of sp³-hybridized carbons (Fsp3) is 0. The maximum atomic E-state index is 10.3. The van der Waals surface area contributed by atoms with Crippen molar-refractivity contribution in [2.45, 2.75) is 0 Å². The van der Waals surface area contributed by atoms with Gasteiger partial charge in [0.1, 0.15) is 0 Å². The highest BCUT2D eigenvalue weighted by molar-refractivity contribution is 9.11. The van der Waals surface area contributed by atoms with Gasteiger partial charge in [0.05, 0.1) is 11.9 Å². The number of nitrogens with one attached hydrogen (secondary N) is 1. The second-order valence-corrected chi connectivity index (χ2v) is 4.02. The Morgan fingerprint density at radius 1 is 1.64 bits per heavy atom. The molecule has 2 amide bonds. The summed E-state index contributed by atoms with van der Waals surface area (Å²) in [6.45, 7) is 0. The Morgan fingerprint density at radius 3 is 2.93 bits per heavy atom. The molecule has 0 aliphatic carbocycles. The minimum atomic E-state index is -0.713. The zero-order valence-corrected chi connectivity index (χ0v) is 10.0. The molecule has 0 spiro atoms. The highest BCUT2D eigenvalue weighted by Crippen LogP contribution is 2.17. The van der Waals surface area contributed by atoms with E-state index in [1.165, 1.54) is 6.21 Å². The lowest BCUT2D eigenvalue weighted by molar-refractivity contribution is 0.249. The van der Waals surface area contributed by atoms with Gasteiger partial charge in [-0.1, -0.05) is 0 Å². The predicted octanol–water partition coefficient (Wildman–Crippen LogP) is 1.61. The first-order chi connectivity index (χ1) is 6.59. The molecule has 3 N–H and O–H groups in total. The first-order valence-electron chi connectivity index (χ1n) is 3.49. The van der Waals surface area contributed by atoms with Crippen molar-refractivity contribution >= 4 is 44.1 Å². The van der Waals surface area contributed by atoms with Crippen LogP contribution in [0.15, 0.2) is 26.3 Å². The summed E-state index contributed by atoms with van der Waals surface area (Å²) in [6.07, 6.45) is 3.01. The molecule has 14 heavy (non-hydrogen) atoms. The summed E-state index contributed by atoms with van der Waals surface area (Å²) in [5.74, 6) is 0. The van der Waals surface area contributed by atoms with Crippen molar-refractivity contribution < 1.29 is 4.79 Å². The number of halogens is 2. The van der Waals surface area contributed by atoms with Crippen LogP contribution < -0.4 is 11.2 Å². The van der Waals surface area contributed by atoms with Gasteiger partial charge < -0.3 is 5.73 Å². The van der Waals surface area contributed by atoms with Gasteiger partial charge in [0.2, 0.25) is 0 Å². The van der Waals surface area contributed by atoms with E-state index in [0.717, 1.165) is 8.95 Å². The molecule has 1 heterocycles. The lowest BCUT2D eigenvalue weighted by Gasteiger charge is -1.97. The van der Waals surface area contributed by atoms with Gasteiger partial charge in [-0.25, -0.2) is 10.2 Å². The molecular weight excluding hydrogens is 316 g/mol. The van der Waals surface area contributed by atoms with Crippen LogP contribution in [-0.4, -0.2) is 17.2 Å². The highest BCUT2D eigenvalue weighted by Gasteiger charge is 1.98. The predicted molar refractivity (Wildman–Crippen MR) is 60.0 cm³/mol. The average Bonchev–Trinajstić information content (AvgIpc) is 2.08. The van der Waals surface area contributed by atoms with Crippen LogP contribution in [0.3, 0.4) is 0 Å². The molecule has 0 bridgehead atoms. The number of pyridine rings is 1. The van der Waals surface area contributed by atoms with Gasteiger partial charge in [-0.15, -0.1) is 0 Å². The molecule has 0 aromatic carbocycles. The molecular formula is C7H6Br2N4O. The standard InChI is InChI=1S/C7H6Br2N4O/c8-4-1-5(9)6(11-2-4)3-12-13-7(10)14/h1-3H,(H3,10,13,14). The van der Waals surface area contributed by atoms with Crippen LogP contribution in [-0.2, 0) is 0 Å². The van der Waals surface area contributed by atoms with Gasteiger partial charge in [-0.3, -0.25) is 4.98 Å². The summed E-state index contributed by atoms with van der Waals surface area (Å²) in [5, 5.41) is 3.57. The normalized spacial score (nSPS) is 10.4. The van der Waals surface area contributed by atoms with Crippen LogP contribution in [0.4, 0.5) is 4.79 Å². The van der Waals surface area contributed by atoms with Gasteiger partial charge in [-0.2, -0.15) is 5.10 Å². The van der Waals surface area contributed by atoms with Crippen molar-refractivity contribution in [1.82, 2.24) is 10.4 Å². The number of rotatable bonds is 2. The Labute approximate surface area is 97.0 Å². The first kappa shape index (κ1) is 11.1. The van der Waals surface area contributed by atoms with Crippen LogP contribution in [0.25, 0.3) is 0 Å². The third-order valence-electron chi connectivity index (χ3n) is 1.20. The van der Waals surface area contributed by atoms with Crippen molar-refractivity contribution in [3.63, 3.8) is 0 Å². The van der Waals surface area contributed by atoms with E-state index in [4.69, 9.17) is 5.73 Å². The van der Waals surface area contributed by atoms with Crippen molar-refractivity contribution in [2.24, 2.45) is 10.8 Å². The second kappa shape index (κ2) is 5.06. The maximum Gasteiger partial charge on any atom is 0.332 e. The first-order valence-corrected chi connectivity index (χ1v) is 5.08. The molecule has 5 nitrogen and oxygen atoms in total. The number of carbonyl (C=O) groups excluding carboxylic acids is 1. The van der Waals surface area contributed by atoms with E-state index in [2.05, 4.69) is 47.4 Å². The average molecular weight is 322 g/mol. The third-order valence-corrected chi connectivity index (χ3v) is 2.27. The summed E-state index contributed by atoms with van der Waals surface area (Å²) < 4.78 is 1.62. The number of urea groups is 1. The molecule has 1 rings (SSSR count). The van der Waals surface area contributed by atoms with Crippen LogP contribution in [0.2, 0.25) is 0 Å². The smallest absolute Gasteiger partial charge is 0.332 e. The van der Waals surface area contributed by atoms with E-state index in [1.807, 2.05) is 6.07 Å². The highest BCUT2D eigenvalue weighted by atomic mass is 79.9.